The smallest absolute Gasteiger partial charge is 0.191 e. The standard InChI is InChI=1S/C20H40N4O/c1-6-21-18(22-15-19(8-7-9-19)14-17(2)3)23-16-20(24(4)5)10-12-25-13-11-20/h17H,6-16H2,1-5H3,(H2,21,22,23). The lowest BCUT2D eigenvalue weighted by molar-refractivity contribution is -0.00502. The Hall–Kier alpha value is -0.810. The van der Waals surface area contributed by atoms with Crippen LogP contribution in [0.5, 0.6) is 0 Å². The summed E-state index contributed by atoms with van der Waals surface area (Å²) in [6.07, 6.45) is 7.50. The molecule has 5 nitrogen and oxygen atoms in total. The van der Waals surface area contributed by atoms with E-state index >= 15 is 0 Å². The summed E-state index contributed by atoms with van der Waals surface area (Å²) in [4.78, 5) is 7.34. The largest absolute Gasteiger partial charge is 0.381 e. The van der Waals surface area contributed by atoms with E-state index in [0.29, 0.717) is 5.41 Å². The topological polar surface area (TPSA) is 48.9 Å². The molecule has 0 spiro atoms. The highest BCUT2D eigenvalue weighted by molar-refractivity contribution is 5.79. The number of nitrogens with zero attached hydrogens (tertiary/aromatic N) is 2. The summed E-state index contributed by atoms with van der Waals surface area (Å²) in [5.74, 6) is 1.73. The van der Waals surface area contributed by atoms with Crippen LogP contribution in [0, 0.1) is 11.3 Å². The van der Waals surface area contributed by atoms with Crippen LogP contribution in [-0.4, -0.2) is 63.3 Å². The molecule has 5 heteroatoms. The average molecular weight is 353 g/mol. The first-order valence-corrected chi connectivity index (χ1v) is 10.2. The Balaban J connectivity index is 1.97. The van der Waals surface area contributed by atoms with Crippen molar-refractivity contribution in [1.82, 2.24) is 15.5 Å². The minimum atomic E-state index is 0.167. The van der Waals surface area contributed by atoms with E-state index in [1.54, 1.807) is 0 Å². The molecule has 25 heavy (non-hydrogen) atoms. The van der Waals surface area contributed by atoms with Gasteiger partial charge >= 0.3 is 0 Å². The fourth-order valence-corrected chi connectivity index (χ4v) is 4.34. The molecule has 0 atom stereocenters. The Morgan fingerprint density at radius 2 is 1.80 bits per heavy atom. The quantitative estimate of drug-likeness (QED) is 0.521. The van der Waals surface area contributed by atoms with Crippen molar-refractivity contribution in [3.8, 4) is 0 Å². The van der Waals surface area contributed by atoms with Crippen molar-refractivity contribution in [2.45, 2.75) is 64.8 Å². The van der Waals surface area contributed by atoms with E-state index in [4.69, 9.17) is 9.73 Å². The summed E-state index contributed by atoms with van der Waals surface area (Å²) in [5, 5.41) is 7.07. The molecule has 1 saturated carbocycles. The van der Waals surface area contributed by atoms with E-state index in [2.05, 4.69) is 50.4 Å². The Labute approximate surface area is 155 Å². The van der Waals surface area contributed by atoms with Crippen molar-refractivity contribution < 1.29 is 4.74 Å². The fraction of sp³-hybridized carbons (Fsp3) is 0.950. The molecule has 2 N–H and O–H groups in total. The monoisotopic (exact) mass is 352 g/mol. The van der Waals surface area contributed by atoms with Gasteiger partial charge in [0, 0.05) is 38.4 Å². The lowest BCUT2D eigenvalue weighted by atomic mass is 9.64. The molecule has 2 fully saturated rings. The zero-order chi connectivity index (χ0) is 18.3. The molecule has 1 aliphatic heterocycles. The lowest BCUT2D eigenvalue weighted by Crippen LogP contribution is -2.57. The predicted octanol–water partition coefficient (Wildman–Crippen LogP) is 2.87. The number of nitrogens with one attached hydrogen (secondary N) is 2. The van der Waals surface area contributed by atoms with Crippen molar-refractivity contribution >= 4 is 5.96 Å². The van der Waals surface area contributed by atoms with Crippen molar-refractivity contribution in [2.75, 3.05) is 46.9 Å². The maximum atomic E-state index is 5.58. The van der Waals surface area contributed by atoms with E-state index in [1.807, 2.05) is 0 Å². The Kier molecular flexibility index (Phi) is 7.56. The minimum absolute atomic E-state index is 0.167. The van der Waals surface area contributed by atoms with Crippen LogP contribution in [-0.2, 0) is 4.74 Å². The van der Waals surface area contributed by atoms with Gasteiger partial charge in [-0.3, -0.25) is 4.99 Å². The molecule has 0 radical (unpaired) electrons. The third kappa shape index (κ3) is 5.58. The molecule has 1 aliphatic carbocycles. The fourth-order valence-electron chi connectivity index (χ4n) is 4.34. The normalized spacial score (nSPS) is 22.8. The first-order chi connectivity index (χ1) is 11.9. The van der Waals surface area contributed by atoms with E-state index in [-0.39, 0.29) is 5.54 Å². The summed E-state index contributed by atoms with van der Waals surface area (Å²) in [6.45, 7) is 11.3. The van der Waals surface area contributed by atoms with Gasteiger partial charge in [0.15, 0.2) is 5.96 Å². The summed E-state index contributed by atoms with van der Waals surface area (Å²) in [7, 11) is 4.37. The molecule has 146 valence electrons. The van der Waals surface area contributed by atoms with Crippen molar-refractivity contribution in [2.24, 2.45) is 16.3 Å². The first kappa shape index (κ1) is 20.5. The van der Waals surface area contributed by atoms with Gasteiger partial charge < -0.3 is 20.3 Å². The van der Waals surface area contributed by atoms with Gasteiger partial charge in [-0.05, 0) is 64.5 Å². The van der Waals surface area contributed by atoms with E-state index in [0.717, 1.165) is 57.6 Å². The third-order valence-electron chi connectivity index (χ3n) is 6.13. The molecule has 0 aromatic rings. The zero-order valence-electron chi connectivity index (χ0n) is 17.2. The van der Waals surface area contributed by atoms with Gasteiger partial charge in [0.05, 0.1) is 0 Å². The molecule has 0 amide bonds. The molecule has 0 aromatic carbocycles. The van der Waals surface area contributed by atoms with Gasteiger partial charge in [0.1, 0.15) is 0 Å². The first-order valence-electron chi connectivity index (χ1n) is 10.2. The van der Waals surface area contributed by atoms with Crippen molar-refractivity contribution in [3.63, 3.8) is 0 Å². The number of guanidine groups is 1. The molecular formula is C20H40N4O. The molecular weight excluding hydrogens is 312 g/mol. The maximum absolute atomic E-state index is 5.58. The Morgan fingerprint density at radius 1 is 1.12 bits per heavy atom. The van der Waals surface area contributed by atoms with Gasteiger partial charge in [-0.2, -0.15) is 0 Å². The summed E-state index contributed by atoms with van der Waals surface area (Å²) in [5.41, 5.74) is 0.620. The second-order valence-electron chi connectivity index (χ2n) is 8.73. The summed E-state index contributed by atoms with van der Waals surface area (Å²) in [6, 6.07) is 0. The lowest BCUT2D eigenvalue weighted by Gasteiger charge is -2.43. The van der Waals surface area contributed by atoms with Crippen molar-refractivity contribution in [3.05, 3.63) is 0 Å². The predicted molar refractivity (Wildman–Crippen MR) is 106 cm³/mol. The molecule has 1 heterocycles. The van der Waals surface area contributed by atoms with Gasteiger partial charge in [-0.25, -0.2) is 0 Å². The van der Waals surface area contributed by atoms with Crippen LogP contribution in [0.3, 0.4) is 0 Å². The second-order valence-corrected chi connectivity index (χ2v) is 8.73. The van der Waals surface area contributed by atoms with Gasteiger partial charge in [0.25, 0.3) is 0 Å². The van der Waals surface area contributed by atoms with Gasteiger partial charge in [0.2, 0.25) is 0 Å². The number of likely N-dealkylation sites (N-methyl/N-ethyl adjacent to an activating group) is 1. The molecule has 0 bridgehead atoms. The Bertz CT molecular complexity index is 423. The number of ether oxygens (including phenoxy) is 1. The molecule has 0 aromatic heterocycles. The van der Waals surface area contributed by atoms with Crippen LogP contribution in [0.25, 0.3) is 0 Å². The highest BCUT2D eigenvalue weighted by Gasteiger charge is 2.38. The number of rotatable bonds is 8. The van der Waals surface area contributed by atoms with Crippen LogP contribution in [0.2, 0.25) is 0 Å². The highest BCUT2D eigenvalue weighted by Crippen LogP contribution is 2.46. The molecule has 0 unspecified atom stereocenters. The van der Waals surface area contributed by atoms with Crippen LogP contribution in [0.1, 0.15) is 59.3 Å². The van der Waals surface area contributed by atoms with Crippen molar-refractivity contribution in [1.29, 1.82) is 0 Å². The van der Waals surface area contributed by atoms with Crippen LogP contribution in [0.4, 0.5) is 0 Å². The average Bonchev–Trinajstić information content (AvgIpc) is 2.55. The zero-order valence-corrected chi connectivity index (χ0v) is 17.2. The van der Waals surface area contributed by atoms with Gasteiger partial charge in [-0.15, -0.1) is 0 Å². The minimum Gasteiger partial charge on any atom is -0.381 e. The molecule has 2 aliphatic rings. The highest BCUT2D eigenvalue weighted by atomic mass is 16.5. The number of aliphatic imine (C=N–C) groups is 1. The third-order valence-corrected chi connectivity index (χ3v) is 6.13. The second kappa shape index (κ2) is 9.22. The van der Waals surface area contributed by atoms with Gasteiger partial charge in [-0.1, -0.05) is 20.3 Å². The number of hydrogen-bond donors (Lipinski definition) is 2. The van der Waals surface area contributed by atoms with E-state index in [9.17, 15) is 0 Å². The number of hydrogen-bond acceptors (Lipinski definition) is 3. The SMILES string of the molecule is CCNC(=NCC1(CC(C)C)CCC1)NCC1(N(C)C)CCOCC1. The molecule has 1 saturated heterocycles. The van der Waals surface area contributed by atoms with E-state index < -0.39 is 0 Å². The van der Waals surface area contributed by atoms with Crippen LogP contribution in [0.15, 0.2) is 4.99 Å². The maximum Gasteiger partial charge on any atom is 0.191 e. The Morgan fingerprint density at radius 3 is 2.28 bits per heavy atom. The summed E-state index contributed by atoms with van der Waals surface area (Å²) >= 11 is 0. The van der Waals surface area contributed by atoms with Crippen LogP contribution < -0.4 is 10.6 Å². The summed E-state index contributed by atoms with van der Waals surface area (Å²) < 4.78 is 5.58. The van der Waals surface area contributed by atoms with E-state index in [1.165, 1.54) is 25.7 Å². The van der Waals surface area contributed by atoms with Crippen LogP contribution >= 0.6 is 0 Å². The molecule has 2 rings (SSSR count).